The highest BCUT2D eigenvalue weighted by atomic mass is 16.3. The third-order valence-corrected chi connectivity index (χ3v) is 7.61. The van der Waals surface area contributed by atoms with Crippen LogP contribution >= 0.6 is 0 Å². The first-order chi connectivity index (χ1) is 15.2. The molecule has 5 rings (SSSR count). The number of phenols is 1. The van der Waals surface area contributed by atoms with Gasteiger partial charge in [-0.15, -0.1) is 10.2 Å². The number of phenolic OH excluding ortho intramolecular Hbond substituents is 1. The van der Waals surface area contributed by atoms with Crippen LogP contribution < -0.4 is 10.6 Å². The van der Waals surface area contributed by atoms with Gasteiger partial charge in [-0.25, -0.2) is 0 Å². The second kappa shape index (κ2) is 9.03. The van der Waals surface area contributed by atoms with Crippen molar-refractivity contribution in [3.05, 3.63) is 30.3 Å². The molecule has 3 fully saturated rings. The Labute approximate surface area is 185 Å². The third kappa shape index (κ3) is 4.22. The van der Waals surface area contributed by atoms with Crippen molar-refractivity contribution in [2.24, 2.45) is 0 Å². The predicted molar refractivity (Wildman–Crippen MR) is 125 cm³/mol. The molecule has 0 spiro atoms. The fourth-order valence-electron chi connectivity index (χ4n) is 6.10. The highest BCUT2D eigenvalue weighted by molar-refractivity contribution is 5.74. The monoisotopic (exact) mass is 421 g/mol. The van der Waals surface area contributed by atoms with Crippen molar-refractivity contribution in [2.75, 3.05) is 23.7 Å². The van der Waals surface area contributed by atoms with Gasteiger partial charge in [-0.3, -0.25) is 4.90 Å². The van der Waals surface area contributed by atoms with Crippen LogP contribution in [0.4, 0.5) is 11.5 Å². The first-order valence-electron chi connectivity index (χ1n) is 12.1. The summed E-state index contributed by atoms with van der Waals surface area (Å²) in [7, 11) is 0. The van der Waals surface area contributed by atoms with Crippen molar-refractivity contribution in [3.8, 4) is 17.0 Å². The van der Waals surface area contributed by atoms with Crippen LogP contribution in [0.1, 0.15) is 64.2 Å². The van der Waals surface area contributed by atoms with Gasteiger partial charge in [0.05, 0.1) is 11.4 Å². The number of aromatic hydroxyl groups is 1. The number of hydrogen-bond donors (Lipinski definition) is 2. The van der Waals surface area contributed by atoms with Gasteiger partial charge < -0.3 is 15.7 Å². The van der Waals surface area contributed by atoms with E-state index in [9.17, 15) is 5.11 Å². The average Bonchev–Trinajstić information content (AvgIpc) is 3.11. The quantitative estimate of drug-likeness (QED) is 0.755. The van der Waals surface area contributed by atoms with E-state index in [2.05, 4.69) is 20.0 Å². The maximum absolute atomic E-state index is 10.3. The molecule has 2 aromatic rings. The van der Waals surface area contributed by atoms with Gasteiger partial charge in [0.25, 0.3) is 0 Å². The van der Waals surface area contributed by atoms with Crippen LogP contribution in [-0.4, -0.2) is 51.4 Å². The van der Waals surface area contributed by atoms with Gasteiger partial charge >= 0.3 is 0 Å². The van der Waals surface area contributed by atoms with Crippen molar-refractivity contribution in [1.29, 1.82) is 0 Å². The molecule has 2 unspecified atom stereocenters. The van der Waals surface area contributed by atoms with Crippen LogP contribution in [0.25, 0.3) is 11.3 Å². The van der Waals surface area contributed by atoms with Gasteiger partial charge in [0.1, 0.15) is 5.75 Å². The summed E-state index contributed by atoms with van der Waals surface area (Å²) in [6.45, 7) is 2.01. The molecule has 3 aliphatic rings. The van der Waals surface area contributed by atoms with E-state index in [0.717, 1.165) is 24.8 Å². The van der Waals surface area contributed by atoms with Crippen LogP contribution in [0.3, 0.4) is 0 Å². The number of aromatic nitrogens is 2. The Morgan fingerprint density at radius 3 is 2.13 bits per heavy atom. The topological polar surface area (TPSA) is 78.5 Å². The maximum atomic E-state index is 10.3. The first-order valence-corrected chi connectivity index (χ1v) is 12.1. The molecule has 0 amide bonds. The Bertz CT molecular complexity index is 879. The summed E-state index contributed by atoms with van der Waals surface area (Å²) in [6, 6.07) is 11.2. The van der Waals surface area contributed by atoms with Crippen LogP contribution in [-0.2, 0) is 0 Å². The molecule has 31 heavy (non-hydrogen) atoms. The lowest BCUT2D eigenvalue weighted by molar-refractivity contribution is 0.0958. The van der Waals surface area contributed by atoms with E-state index in [1.807, 2.05) is 24.3 Å². The molecular formula is C25H35N5O. The molecule has 1 aromatic carbocycles. The Hall–Kier alpha value is -2.34. The lowest BCUT2D eigenvalue weighted by atomic mass is 9.99. The van der Waals surface area contributed by atoms with Gasteiger partial charge in [-0.2, -0.15) is 0 Å². The van der Waals surface area contributed by atoms with E-state index in [1.165, 1.54) is 64.2 Å². The normalized spacial score (nSPS) is 25.7. The number of nitrogen functional groups attached to an aromatic ring is 1. The van der Waals surface area contributed by atoms with Crippen LogP contribution in [0.2, 0.25) is 0 Å². The minimum absolute atomic E-state index is 0.220. The predicted octanol–water partition coefficient (Wildman–Crippen LogP) is 4.59. The fraction of sp³-hybridized carbons (Fsp3) is 0.600. The van der Waals surface area contributed by atoms with Crippen LogP contribution in [0.15, 0.2) is 30.3 Å². The molecule has 2 saturated heterocycles. The molecule has 166 valence electrons. The van der Waals surface area contributed by atoms with Gasteiger partial charge in [-0.05, 0) is 43.9 Å². The smallest absolute Gasteiger partial charge is 0.169 e. The van der Waals surface area contributed by atoms with E-state index in [4.69, 9.17) is 5.73 Å². The second-order valence-electron chi connectivity index (χ2n) is 9.61. The lowest BCUT2D eigenvalue weighted by Crippen LogP contribution is -2.57. The summed E-state index contributed by atoms with van der Waals surface area (Å²) in [4.78, 5) is 5.30. The van der Waals surface area contributed by atoms with E-state index in [-0.39, 0.29) is 5.75 Å². The van der Waals surface area contributed by atoms with E-state index in [1.54, 1.807) is 6.07 Å². The standard InChI is InChI=1S/C25H35N5O/c26-25-23(15-22(27-28-25)21-11-7-8-12-24(21)31)29-16-19-13-14-20(17-29)30(19)18-9-5-3-1-2-4-6-10-18/h7-8,11-12,15,18-20,31H,1-6,9-10,13-14,16-17H2,(H2,26,28). The number of para-hydroxylation sites is 1. The van der Waals surface area contributed by atoms with E-state index >= 15 is 0 Å². The van der Waals surface area contributed by atoms with Gasteiger partial charge in [0, 0.05) is 36.8 Å². The van der Waals surface area contributed by atoms with Gasteiger partial charge in [0.15, 0.2) is 5.82 Å². The largest absolute Gasteiger partial charge is 0.507 e. The Balaban J connectivity index is 1.36. The zero-order valence-electron chi connectivity index (χ0n) is 18.4. The summed E-state index contributed by atoms with van der Waals surface area (Å²) < 4.78 is 0. The minimum Gasteiger partial charge on any atom is -0.507 e. The SMILES string of the molecule is Nc1nnc(-c2ccccc2O)cc1N1CC2CCC(C1)N2C1CCCCCCCC1. The number of nitrogens with zero attached hydrogens (tertiary/aromatic N) is 4. The van der Waals surface area contributed by atoms with Crippen molar-refractivity contribution < 1.29 is 5.11 Å². The molecule has 2 bridgehead atoms. The number of rotatable bonds is 3. The summed E-state index contributed by atoms with van der Waals surface area (Å²) in [5.74, 6) is 0.701. The van der Waals surface area contributed by atoms with Crippen molar-refractivity contribution in [3.63, 3.8) is 0 Å². The molecule has 6 heteroatoms. The van der Waals surface area contributed by atoms with Crippen LogP contribution in [0, 0.1) is 0 Å². The number of fused-ring (bicyclic) bond motifs is 2. The maximum Gasteiger partial charge on any atom is 0.169 e. The van der Waals surface area contributed by atoms with Crippen molar-refractivity contribution >= 4 is 11.5 Å². The molecule has 3 N–H and O–H groups in total. The summed E-state index contributed by atoms with van der Waals surface area (Å²) in [6.07, 6.45) is 13.7. The molecule has 2 atom stereocenters. The summed E-state index contributed by atoms with van der Waals surface area (Å²) >= 11 is 0. The molecular weight excluding hydrogens is 386 g/mol. The lowest BCUT2D eigenvalue weighted by Gasteiger charge is -2.46. The van der Waals surface area contributed by atoms with Gasteiger partial charge in [-0.1, -0.05) is 50.7 Å². The Morgan fingerprint density at radius 1 is 0.806 bits per heavy atom. The average molecular weight is 422 g/mol. The highest BCUT2D eigenvalue weighted by Gasteiger charge is 2.43. The summed E-state index contributed by atoms with van der Waals surface area (Å²) in [5.41, 5.74) is 8.62. The fourth-order valence-corrected chi connectivity index (χ4v) is 6.10. The third-order valence-electron chi connectivity index (χ3n) is 7.61. The Kier molecular flexibility index (Phi) is 5.99. The molecule has 2 aliphatic heterocycles. The Morgan fingerprint density at radius 2 is 1.45 bits per heavy atom. The zero-order chi connectivity index (χ0) is 21.2. The van der Waals surface area contributed by atoms with Crippen LogP contribution in [0.5, 0.6) is 5.75 Å². The molecule has 1 saturated carbocycles. The van der Waals surface area contributed by atoms with E-state index in [0.29, 0.717) is 29.2 Å². The number of nitrogens with two attached hydrogens (primary N) is 1. The molecule has 6 nitrogen and oxygen atoms in total. The van der Waals surface area contributed by atoms with E-state index < -0.39 is 0 Å². The minimum atomic E-state index is 0.220. The van der Waals surface area contributed by atoms with Crippen molar-refractivity contribution in [1.82, 2.24) is 15.1 Å². The second-order valence-corrected chi connectivity index (χ2v) is 9.61. The molecule has 3 heterocycles. The number of piperazine rings is 1. The molecule has 1 aromatic heterocycles. The number of hydrogen-bond acceptors (Lipinski definition) is 6. The number of benzene rings is 1. The van der Waals surface area contributed by atoms with Crippen molar-refractivity contribution in [2.45, 2.75) is 82.3 Å². The van der Waals surface area contributed by atoms with Gasteiger partial charge in [0.2, 0.25) is 0 Å². The zero-order valence-corrected chi connectivity index (χ0v) is 18.4. The first kappa shape index (κ1) is 20.6. The highest BCUT2D eigenvalue weighted by Crippen LogP contribution is 2.39. The summed E-state index contributed by atoms with van der Waals surface area (Å²) in [5, 5.41) is 18.8. The number of anilines is 2. The molecule has 0 radical (unpaired) electrons. The molecule has 1 aliphatic carbocycles.